The minimum atomic E-state index is -1.31. The van der Waals surface area contributed by atoms with E-state index in [0.717, 1.165) is 0 Å². The van der Waals surface area contributed by atoms with Crippen LogP contribution in [-0.4, -0.2) is 37.2 Å². The fourth-order valence-electron chi connectivity index (χ4n) is 1.59. The summed E-state index contributed by atoms with van der Waals surface area (Å²) in [6.45, 7) is 0.534. The van der Waals surface area contributed by atoms with E-state index in [0.29, 0.717) is 35.1 Å². The van der Waals surface area contributed by atoms with Crippen LogP contribution in [0.4, 0.5) is 0 Å². The van der Waals surface area contributed by atoms with Crippen LogP contribution in [0.1, 0.15) is 6.42 Å². The van der Waals surface area contributed by atoms with Gasteiger partial charge in [-0.1, -0.05) is 6.08 Å². The normalized spacial score (nSPS) is 11.8. The minimum Gasteiger partial charge on any atom is -0.493 e. The molecule has 0 fully saturated rings. The molecule has 5 nitrogen and oxygen atoms in total. The minimum absolute atomic E-state index is 0.471. The maximum Gasteiger partial charge on any atom is 0.203 e. The lowest BCUT2D eigenvalue weighted by atomic mass is 10.3. The van der Waals surface area contributed by atoms with Gasteiger partial charge in [0.25, 0.3) is 0 Å². The number of isothiocyanates is 1. The average molecular weight is 327 g/mol. The van der Waals surface area contributed by atoms with Crippen LogP contribution in [-0.2, 0) is 10.8 Å². The molecule has 0 N–H and O–H groups in total. The van der Waals surface area contributed by atoms with E-state index in [4.69, 9.17) is 14.2 Å². The second-order valence-electron chi connectivity index (χ2n) is 3.79. The smallest absolute Gasteiger partial charge is 0.203 e. The second-order valence-corrected chi connectivity index (χ2v) is 5.31. The molecule has 1 aromatic carbocycles. The van der Waals surface area contributed by atoms with Crippen molar-refractivity contribution in [3.05, 3.63) is 23.6 Å². The molecule has 0 aliphatic carbocycles. The first-order chi connectivity index (χ1) is 10.2. The van der Waals surface area contributed by atoms with Crippen molar-refractivity contribution in [2.45, 2.75) is 11.3 Å². The molecule has 1 rings (SSSR count). The molecule has 0 saturated carbocycles. The van der Waals surface area contributed by atoms with Crippen LogP contribution in [0.3, 0.4) is 0 Å². The van der Waals surface area contributed by atoms with Crippen LogP contribution in [0.5, 0.6) is 17.2 Å². The third kappa shape index (κ3) is 4.97. The Balaban J connectivity index is 2.96. The molecule has 0 bridgehead atoms. The van der Waals surface area contributed by atoms with Crippen molar-refractivity contribution in [2.24, 2.45) is 4.99 Å². The van der Waals surface area contributed by atoms with Crippen LogP contribution in [0, 0.1) is 0 Å². The summed E-state index contributed by atoms with van der Waals surface area (Å²) in [6, 6.07) is 3.33. The molecular weight excluding hydrogens is 310 g/mol. The van der Waals surface area contributed by atoms with Crippen molar-refractivity contribution in [3.63, 3.8) is 0 Å². The first-order valence-corrected chi connectivity index (χ1v) is 7.71. The highest BCUT2D eigenvalue weighted by atomic mass is 32.2. The number of hydrogen-bond acceptors (Lipinski definition) is 6. The molecule has 7 heteroatoms. The van der Waals surface area contributed by atoms with E-state index in [1.54, 1.807) is 23.6 Å². The van der Waals surface area contributed by atoms with Gasteiger partial charge in [0.1, 0.15) is 0 Å². The van der Waals surface area contributed by atoms with E-state index in [1.165, 1.54) is 21.3 Å². The highest BCUT2D eigenvalue weighted by Gasteiger charge is 2.15. The van der Waals surface area contributed by atoms with Gasteiger partial charge in [0, 0.05) is 17.5 Å². The Morgan fingerprint density at radius 3 is 2.33 bits per heavy atom. The summed E-state index contributed by atoms with van der Waals surface area (Å²) in [5.74, 6) is 1.41. The fraction of sp³-hybridized carbons (Fsp3) is 0.357. The predicted octanol–water partition coefficient (Wildman–Crippen LogP) is 2.83. The van der Waals surface area contributed by atoms with Gasteiger partial charge in [0.05, 0.1) is 48.7 Å². The number of rotatable bonds is 8. The van der Waals surface area contributed by atoms with E-state index >= 15 is 0 Å². The molecule has 0 heterocycles. The number of methoxy groups -OCH3 is 3. The number of nitrogens with zero attached hydrogens (tertiary/aromatic N) is 1. The molecule has 0 aliphatic rings. The summed E-state index contributed by atoms with van der Waals surface area (Å²) in [5, 5.41) is 3.88. The predicted molar refractivity (Wildman–Crippen MR) is 86.2 cm³/mol. The summed E-state index contributed by atoms with van der Waals surface area (Å²) in [5.41, 5.74) is 0. The Bertz CT molecular complexity index is 555. The van der Waals surface area contributed by atoms with E-state index in [-0.39, 0.29) is 0 Å². The molecule has 0 radical (unpaired) electrons. The molecule has 21 heavy (non-hydrogen) atoms. The zero-order valence-corrected chi connectivity index (χ0v) is 13.8. The molecule has 1 unspecified atom stereocenters. The van der Waals surface area contributed by atoms with Gasteiger partial charge in [-0.3, -0.25) is 0 Å². The Morgan fingerprint density at radius 1 is 1.24 bits per heavy atom. The molecule has 1 aromatic rings. The standard InChI is InChI=1S/C14H17NO4S2/c1-17-12-8-11(9-13(18-2)14(12)19-3)21(16)7-5-4-6-15-10-20/h5,7-9H,4,6H2,1-3H3/b7-5+. The lowest BCUT2D eigenvalue weighted by Crippen LogP contribution is -1.97. The zero-order valence-electron chi connectivity index (χ0n) is 12.1. The van der Waals surface area contributed by atoms with E-state index in [2.05, 4.69) is 22.4 Å². The van der Waals surface area contributed by atoms with Crippen LogP contribution in [0.2, 0.25) is 0 Å². The number of aliphatic imine (C=N–C) groups is 1. The summed E-state index contributed by atoms with van der Waals surface area (Å²) in [7, 11) is 3.25. The van der Waals surface area contributed by atoms with Gasteiger partial charge in [0.15, 0.2) is 11.5 Å². The Labute approximate surface area is 132 Å². The molecular formula is C14H17NO4S2. The highest BCUT2D eigenvalue weighted by molar-refractivity contribution is 7.88. The van der Waals surface area contributed by atoms with Crippen molar-refractivity contribution in [3.8, 4) is 17.2 Å². The molecule has 1 atom stereocenters. The van der Waals surface area contributed by atoms with Gasteiger partial charge >= 0.3 is 0 Å². The van der Waals surface area contributed by atoms with E-state index in [1.807, 2.05) is 0 Å². The van der Waals surface area contributed by atoms with Gasteiger partial charge in [-0.05, 0) is 18.6 Å². The molecule has 114 valence electrons. The van der Waals surface area contributed by atoms with Crippen LogP contribution < -0.4 is 14.2 Å². The maximum atomic E-state index is 12.2. The highest BCUT2D eigenvalue weighted by Crippen LogP contribution is 2.39. The topological polar surface area (TPSA) is 57.1 Å². The molecule has 0 spiro atoms. The van der Waals surface area contributed by atoms with Gasteiger partial charge in [0.2, 0.25) is 5.75 Å². The monoisotopic (exact) mass is 327 g/mol. The quantitative estimate of drug-likeness (QED) is 0.417. The molecule has 0 amide bonds. The van der Waals surface area contributed by atoms with Crippen molar-refractivity contribution in [1.29, 1.82) is 0 Å². The van der Waals surface area contributed by atoms with E-state index in [9.17, 15) is 4.21 Å². The van der Waals surface area contributed by atoms with Crippen molar-refractivity contribution < 1.29 is 18.4 Å². The second kappa shape index (κ2) is 9.28. The van der Waals surface area contributed by atoms with Crippen molar-refractivity contribution in [1.82, 2.24) is 0 Å². The number of thiocarbonyl (C=S) groups is 1. The first kappa shape index (κ1) is 17.4. The van der Waals surface area contributed by atoms with Crippen LogP contribution in [0.15, 0.2) is 33.5 Å². The van der Waals surface area contributed by atoms with Crippen LogP contribution >= 0.6 is 12.2 Å². The third-order valence-corrected chi connectivity index (χ3v) is 3.83. The number of ether oxygens (including phenoxy) is 3. The zero-order chi connectivity index (χ0) is 15.7. The Kier molecular flexibility index (Phi) is 7.68. The molecule has 0 aliphatic heterocycles. The van der Waals surface area contributed by atoms with Gasteiger partial charge in [-0.2, -0.15) is 0 Å². The lowest BCUT2D eigenvalue weighted by Gasteiger charge is -2.13. The summed E-state index contributed by atoms with van der Waals surface area (Å²) < 4.78 is 27.9. The van der Waals surface area contributed by atoms with Gasteiger partial charge < -0.3 is 14.2 Å². The van der Waals surface area contributed by atoms with Gasteiger partial charge in [-0.15, -0.1) is 0 Å². The van der Waals surface area contributed by atoms with Crippen LogP contribution in [0.25, 0.3) is 0 Å². The number of hydrogen-bond donors (Lipinski definition) is 0. The maximum absolute atomic E-state index is 12.2. The Morgan fingerprint density at radius 2 is 1.86 bits per heavy atom. The first-order valence-electron chi connectivity index (χ1n) is 6.08. The summed E-state index contributed by atoms with van der Waals surface area (Å²) in [4.78, 5) is 4.35. The van der Waals surface area contributed by atoms with Crippen molar-refractivity contribution >= 4 is 28.2 Å². The van der Waals surface area contributed by atoms with E-state index < -0.39 is 10.8 Å². The molecule has 0 saturated heterocycles. The third-order valence-electron chi connectivity index (χ3n) is 2.56. The number of benzene rings is 1. The molecule has 0 aromatic heterocycles. The Hall–Kier alpha value is -1.69. The van der Waals surface area contributed by atoms with Gasteiger partial charge in [-0.25, -0.2) is 9.20 Å². The largest absolute Gasteiger partial charge is 0.493 e. The fourth-order valence-corrected chi connectivity index (χ4v) is 2.60. The summed E-state index contributed by atoms with van der Waals surface area (Å²) in [6.07, 6.45) is 2.44. The average Bonchev–Trinajstić information content (AvgIpc) is 2.52. The SMILES string of the molecule is COc1cc(S(=O)/C=C/CCN=C=S)cc(OC)c1OC. The van der Waals surface area contributed by atoms with Crippen molar-refractivity contribution in [2.75, 3.05) is 27.9 Å². The summed E-state index contributed by atoms with van der Waals surface area (Å²) >= 11 is 4.47. The lowest BCUT2D eigenvalue weighted by molar-refractivity contribution is 0.323.